The smallest absolute Gasteiger partial charge is 0.303 e. The lowest BCUT2D eigenvalue weighted by atomic mass is 10.0. The second-order valence-electron chi connectivity index (χ2n) is 6.54. The zero-order valence-electron chi connectivity index (χ0n) is 17.6. The SMILES string of the molecule is COc1nc(N[C@@H]2OC[C@@H](OC(C)=O)[C@H](OC(C)=O)[C@H]2OC(C)=O)c(C=O)c(=O)n1C. The van der Waals surface area contributed by atoms with Crippen LogP contribution in [0.3, 0.4) is 0 Å². The van der Waals surface area contributed by atoms with Crippen molar-refractivity contribution in [2.45, 2.75) is 45.3 Å². The van der Waals surface area contributed by atoms with E-state index in [1.54, 1.807) is 0 Å². The average Bonchev–Trinajstić information content (AvgIpc) is 2.68. The molecule has 31 heavy (non-hydrogen) atoms. The number of methoxy groups -OCH3 is 1. The Morgan fingerprint density at radius 3 is 2.19 bits per heavy atom. The highest BCUT2D eigenvalue weighted by molar-refractivity contribution is 5.82. The molecule has 1 aromatic heterocycles. The van der Waals surface area contributed by atoms with Crippen LogP contribution in [0.2, 0.25) is 0 Å². The zero-order valence-corrected chi connectivity index (χ0v) is 17.6. The van der Waals surface area contributed by atoms with Crippen LogP contribution in [0.5, 0.6) is 6.01 Å². The maximum Gasteiger partial charge on any atom is 0.303 e. The Kier molecular flexibility index (Phi) is 7.69. The first-order valence-corrected chi connectivity index (χ1v) is 9.09. The van der Waals surface area contributed by atoms with Gasteiger partial charge in [-0.2, -0.15) is 4.98 Å². The van der Waals surface area contributed by atoms with E-state index in [1.807, 2.05) is 0 Å². The van der Waals surface area contributed by atoms with Gasteiger partial charge in [-0.15, -0.1) is 0 Å². The van der Waals surface area contributed by atoms with E-state index in [-0.39, 0.29) is 24.0 Å². The van der Waals surface area contributed by atoms with Gasteiger partial charge in [-0.25, -0.2) is 0 Å². The number of hydrogen-bond donors (Lipinski definition) is 1. The predicted octanol–water partition coefficient (Wildman–Crippen LogP) is -0.835. The third-order valence-corrected chi connectivity index (χ3v) is 4.21. The number of carbonyl (C=O) groups excluding carboxylic acids is 4. The molecule has 0 radical (unpaired) electrons. The highest BCUT2D eigenvalue weighted by Gasteiger charge is 2.47. The minimum absolute atomic E-state index is 0.104. The number of nitrogens with zero attached hydrogens (tertiary/aromatic N) is 2. The number of aromatic nitrogens is 2. The molecule has 0 amide bonds. The molecule has 0 aromatic carbocycles. The third kappa shape index (κ3) is 5.57. The molecule has 13 nitrogen and oxygen atoms in total. The average molecular weight is 441 g/mol. The van der Waals surface area contributed by atoms with Crippen molar-refractivity contribution in [1.82, 2.24) is 9.55 Å². The maximum atomic E-state index is 12.4. The first-order valence-electron chi connectivity index (χ1n) is 9.09. The van der Waals surface area contributed by atoms with Crippen molar-refractivity contribution >= 4 is 30.0 Å². The van der Waals surface area contributed by atoms with E-state index in [1.165, 1.54) is 14.2 Å². The van der Waals surface area contributed by atoms with E-state index in [0.717, 1.165) is 25.3 Å². The van der Waals surface area contributed by atoms with Gasteiger partial charge in [-0.05, 0) is 0 Å². The lowest BCUT2D eigenvalue weighted by Gasteiger charge is -2.40. The van der Waals surface area contributed by atoms with Crippen LogP contribution in [-0.2, 0) is 40.4 Å². The van der Waals surface area contributed by atoms with Gasteiger partial charge in [-0.3, -0.25) is 28.5 Å². The molecule has 1 aliphatic rings. The molecule has 0 bridgehead atoms. The van der Waals surface area contributed by atoms with Gasteiger partial charge >= 0.3 is 23.9 Å². The van der Waals surface area contributed by atoms with E-state index in [9.17, 15) is 24.0 Å². The Morgan fingerprint density at radius 2 is 1.68 bits per heavy atom. The van der Waals surface area contributed by atoms with Gasteiger partial charge < -0.3 is 29.0 Å². The van der Waals surface area contributed by atoms with E-state index < -0.39 is 48.0 Å². The van der Waals surface area contributed by atoms with E-state index in [4.69, 9.17) is 23.7 Å². The monoisotopic (exact) mass is 441 g/mol. The van der Waals surface area contributed by atoms with Crippen LogP contribution in [0.1, 0.15) is 31.1 Å². The Bertz CT molecular complexity index is 928. The highest BCUT2D eigenvalue weighted by atomic mass is 16.6. The summed E-state index contributed by atoms with van der Waals surface area (Å²) >= 11 is 0. The van der Waals surface area contributed by atoms with Crippen LogP contribution in [0.15, 0.2) is 4.79 Å². The van der Waals surface area contributed by atoms with Crippen LogP contribution in [0.25, 0.3) is 0 Å². The summed E-state index contributed by atoms with van der Waals surface area (Å²) < 4.78 is 27.3. The molecule has 170 valence electrons. The Labute approximate surface area is 176 Å². The van der Waals surface area contributed by atoms with Crippen molar-refractivity contribution in [2.24, 2.45) is 7.05 Å². The van der Waals surface area contributed by atoms with Gasteiger partial charge in [0.2, 0.25) is 0 Å². The maximum absolute atomic E-state index is 12.4. The van der Waals surface area contributed by atoms with Crippen molar-refractivity contribution in [3.8, 4) is 6.01 Å². The topological polar surface area (TPSA) is 161 Å². The van der Waals surface area contributed by atoms with Crippen LogP contribution >= 0.6 is 0 Å². The van der Waals surface area contributed by atoms with Crippen LogP contribution in [0.4, 0.5) is 5.82 Å². The van der Waals surface area contributed by atoms with E-state index in [2.05, 4.69) is 10.3 Å². The second-order valence-corrected chi connectivity index (χ2v) is 6.54. The van der Waals surface area contributed by atoms with Crippen LogP contribution < -0.4 is 15.6 Å². The summed E-state index contributed by atoms with van der Waals surface area (Å²) in [4.78, 5) is 62.7. The second kappa shape index (κ2) is 10.0. The summed E-state index contributed by atoms with van der Waals surface area (Å²) in [7, 11) is 2.65. The summed E-state index contributed by atoms with van der Waals surface area (Å²) in [5, 5.41) is 2.71. The molecule has 1 N–H and O–H groups in total. The van der Waals surface area contributed by atoms with Gasteiger partial charge in [0.15, 0.2) is 30.8 Å². The summed E-state index contributed by atoms with van der Waals surface area (Å²) in [6.07, 6.45) is -4.53. The highest BCUT2D eigenvalue weighted by Crippen LogP contribution is 2.26. The van der Waals surface area contributed by atoms with Gasteiger partial charge in [0.05, 0.1) is 13.7 Å². The number of nitrogens with one attached hydrogen (secondary N) is 1. The lowest BCUT2D eigenvalue weighted by molar-refractivity contribution is -0.221. The minimum atomic E-state index is -1.31. The fourth-order valence-corrected chi connectivity index (χ4v) is 3.00. The van der Waals surface area contributed by atoms with Gasteiger partial charge in [-0.1, -0.05) is 0 Å². The van der Waals surface area contributed by atoms with E-state index >= 15 is 0 Å². The predicted molar refractivity (Wildman–Crippen MR) is 101 cm³/mol. The number of anilines is 1. The molecule has 1 aromatic rings. The quantitative estimate of drug-likeness (QED) is 0.318. The largest absolute Gasteiger partial charge is 0.468 e. The summed E-state index contributed by atoms with van der Waals surface area (Å²) in [5.74, 6) is -2.34. The molecule has 13 heteroatoms. The zero-order chi connectivity index (χ0) is 23.3. The normalized spacial score (nSPS) is 22.7. The molecular weight excluding hydrogens is 418 g/mol. The molecule has 2 heterocycles. The molecule has 0 aliphatic carbocycles. The molecule has 1 saturated heterocycles. The summed E-state index contributed by atoms with van der Waals surface area (Å²) in [6, 6.07) is -0.104. The standard InChI is InChI=1S/C18H23N3O10/c1-8(23)29-12-7-28-16(14(31-10(3)25)13(12)30-9(2)24)19-15-11(6-22)17(26)21(4)18(20-15)27-5/h6,12-14,16,19H,7H2,1-5H3/t12-,13+,14-,16-/m1/s1. The van der Waals surface area contributed by atoms with Crippen LogP contribution in [0, 0.1) is 0 Å². The Hall–Kier alpha value is -3.48. The van der Waals surface area contributed by atoms with Crippen molar-refractivity contribution in [3.05, 3.63) is 15.9 Å². The van der Waals surface area contributed by atoms with Crippen LogP contribution in [-0.4, -0.2) is 72.0 Å². The Balaban J connectivity index is 2.47. The lowest BCUT2D eigenvalue weighted by Crippen LogP contribution is -2.59. The minimum Gasteiger partial charge on any atom is -0.468 e. The summed E-state index contributed by atoms with van der Waals surface area (Å²) in [6.45, 7) is 3.16. The number of rotatable bonds is 7. The summed E-state index contributed by atoms with van der Waals surface area (Å²) in [5.41, 5.74) is -1.03. The van der Waals surface area contributed by atoms with Gasteiger partial charge in [0.25, 0.3) is 5.56 Å². The molecule has 0 unspecified atom stereocenters. The molecule has 2 rings (SSSR count). The molecular formula is C18H23N3O10. The van der Waals surface area contributed by atoms with Crippen molar-refractivity contribution in [2.75, 3.05) is 19.0 Å². The number of esters is 3. The number of aldehydes is 1. The molecule has 0 saturated carbocycles. The molecule has 1 aliphatic heterocycles. The third-order valence-electron chi connectivity index (χ3n) is 4.21. The van der Waals surface area contributed by atoms with Gasteiger partial charge in [0, 0.05) is 27.8 Å². The van der Waals surface area contributed by atoms with E-state index in [0.29, 0.717) is 6.29 Å². The van der Waals surface area contributed by atoms with Crippen molar-refractivity contribution in [3.63, 3.8) is 0 Å². The molecule has 4 atom stereocenters. The number of ether oxygens (including phenoxy) is 5. The number of hydrogen-bond acceptors (Lipinski definition) is 12. The Morgan fingerprint density at radius 1 is 1.10 bits per heavy atom. The van der Waals surface area contributed by atoms with Crippen molar-refractivity contribution in [1.29, 1.82) is 0 Å². The van der Waals surface area contributed by atoms with Crippen molar-refractivity contribution < 1.29 is 42.9 Å². The molecule has 1 fully saturated rings. The fourth-order valence-electron chi connectivity index (χ4n) is 3.00. The fraction of sp³-hybridized carbons (Fsp3) is 0.556. The first kappa shape index (κ1) is 23.8. The molecule has 0 spiro atoms. The van der Waals surface area contributed by atoms with Gasteiger partial charge in [0.1, 0.15) is 11.4 Å². The first-order chi connectivity index (χ1) is 14.6. The number of carbonyl (C=O) groups is 4.